The first-order valence-electron chi connectivity index (χ1n) is 15.6. The van der Waals surface area contributed by atoms with Gasteiger partial charge < -0.3 is 9.80 Å². The number of aryl methyl sites for hydroxylation is 3. The molecule has 202 valence electrons. The second kappa shape index (κ2) is 9.58. The average molecular weight is 517 g/mol. The molecule has 2 saturated carbocycles. The highest BCUT2D eigenvalue weighted by Crippen LogP contribution is 2.66. The average Bonchev–Trinajstić information content (AvgIpc) is 3.65. The fraction of sp³-hybridized carbons (Fsp3) is 0.459. The van der Waals surface area contributed by atoms with E-state index in [1.54, 1.807) is 5.56 Å². The molecule has 0 radical (unpaired) electrons. The summed E-state index contributed by atoms with van der Waals surface area (Å²) in [6, 6.07) is 25.6. The summed E-state index contributed by atoms with van der Waals surface area (Å²) < 4.78 is 0. The molecule has 2 aliphatic carbocycles. The van der Waals surface area contributed by atoms with Crippen molar-refractivity contribution in [1.82, 2.24) is 4.90 Å². The third kappa shape index (κ3) is 3.52. The van der Waals surface area contributed by atoms with E-state index >= 15 is 0 Å². The number of benzene rings is 3. The van der Waals surface area contributed by atoms with Crippen LogP contribution in [0.5, 0.6) is 0 Å². The smallest absolute Gasteiger partial charge is 0.134 e. The minimum Gasteiger partial charge on any atom is -0.335 e. The van der Waals surface area contributed by atoms with Gasteiger partial charge in [0.05, 0.1) is 11.2 Å². The molecular formula is C37H44N2. The van der Waals surface area contributed by atoms with Gasteiger partial charge in [-0.15, -0.1) is 0 Å². The summed E-state index contributed by atoms with van der Waals surface area (Å²) in [7, 11) is 0. The highest BCUT2D eigenvalue weighted by atomic mass is 15.5. The Balaban J connectivity index is 1.57. The monoisotopic (exact) mass is 516 g/mol. The molecule has 0 N–H and O–H groups in total. The zero-order valence-corrected chi connectivity index (χ0v) is 24.3. The Morgan fingerprint density at radius 1 is 0.615 bits per heavy atom. The first-order chi connectivity index (χ1) is 19.0. The van der Waals surface area contributed by atoms with Crippen molar-refractivity contribution in [2.24, 2.45) is 11.8 Å². The number of allylic oxidation sites excluding steroid dienone is 1. The summed E-state index contributed by atoms with van der Waals surface area (Å²) in [6.07, 6.45) is 12.5. The van der Waals surface area contributed by atoms with Crippen LogP contribution in [0.1, 0.15) is 104 Å². The molecule has 0 spiro atoms. The van der Waals surface area contributed by atoms with Crippen molar-refractivity contribution in [3.63, 3.8) is 0 Å². The Morgan fingerprint density at radius 2 is 1.18 bits per heavy atom. The molecule has 2 heteroatoms. The van der Waals surface area contributed by atoms with E-state index in [4.69, 9.17) is 0 Å². The summed E-state index contributed by atoms with van der Waals surface area (Å²) in [5.74, 6) is 1.40. The third-order valence-corrected chi connectivity index (χ3v) is 10.8. The predicted molar refractivity (Wildman–Crippen MR) is 163 cm³/mol. The Hall–Kier alpha value is -3.00. The number of para-hydroxylation sites is 1. The highest BCUT2D eigenvalue weighted by molar-refractivity contribution is 5.84. The number of hydrogen-bond donors (Lipinski definition) is 0. The topological polar surface area (TPSA) is 6.48 Å². The van der Waals surface area contributed by atoms with Crippen LogP contribution >= 0.6 is 0 Å². The number of nitrogens with zero attached hydrogens (tertiary/aromatic N) is 2. The van der Waals surface area contributed by atoms with Crippen LogP contribution in [0.25, 0.3) is 5.70 Å². The Labute approximate surface area is 235 Å². The lowest BCUT2D eigenvalue weighted by Crippen LogP contribution is -2.54. The number of anilines is 1. The van der Waals surface area contributed by atoms with Crippen molar-refractivity contribution in [2.75, 3.05) is 4.90 Å². The minimum atomic E-state index is 0.0565. The molecule has 0 amide bonds. The molecule has 2 heterocycles. The molecule has 3 aromatic rings. The zero-order valence-electron chi connectivity index (χ0n) is 24.3. The van der Waals surface area contributed by atoms with Crippen LogP contribution in [0, 0.1) is 32.6 Å². The molecule has 3 aromatic carbocycles. The van der Waals surface area contributed by atoms with Crippen LogP contribution in [-0.2, 0) is 5.54 Å². The Kier molecular flexibility index (Phi) is 6.14. The molecule has 2 aliphatic heterocycles. The molecule has 2 atom stereocenters. The van der Waals surface area contributed by atoms with Gasteiger partial charge in [0.2, 0.25) is 0 Å². The molecule has 0 bridgehead atoms. The van der Waals surface area contributed by atoms with Crippen molar-refractivity contribution in [1.29, 1.82) is 0 Å². The van der Waals surface area contributed by atoms with Crippen molar-refractivity contribution < 1.29 is 0 Å². The molecule has 2 fully saturated rings. The van der Waals surface area contributed by atoms with Crippen LogP contribution in [0.3, 0.4) is 0 Å². The number of rotatable bonds is 4. The maximum absolute atomic E-state index is 3.03. The maximum atomic E-state index is 3.03. The standard InChI is InChI=1S/C37H44N2/c1-25-15-8-13-24-33(25)38-28(4)35-31-22-11-12-23-32(31)37(30-20-9-10-21-30,29-18-6-5-7-19-29)39(35)36(38)34-26(2)16-14-17-27(34)3/h8,11-17,22-24,29-30,36H,5-7,9-10,18-21H2,1-4H3. The van der Waals surface area contributed by atoms with Crippen LogP contribution in [-0.4, -0.2) is 4.90 Å². The SMILES string of the molecule is CC1=C2c3ccccc3C(C3CCCCC3)(C3CCCC3)N2C(c2c(C)cccc2C)N1c1ccccc1C. The fourth-order valence-corrected chi connectivity index (χ4v) is 9.30. The van der Waals surface area contributed by atoms with Gasteiger partial charge >= 0.3 is 0 Å². The highest BCUT2D eigenvalue weighted by Gasteiger charge is 2.62. The first kappa shape index (κ1) is 25.0. The van der Waals surface area contributed by atoms with Crippen molar-refractivity contribution in [3.8, 4) is 0 Å². The summed E-state index contributed by atoms with van der Waals surface area (Å²) in [6.45, 7) is 9.38. The summed E-state index contributed by atoms with van der Waals surface area (Å²) >= 11 is 0. The van der Waals surface area contributed by atoms with Gasteiger partial charge in [-0.05, 0) is 93.5 Å². The summed E-state index contributed by atoms with van der Waals surface area (Å²) in [5, 5.41) is 0. The van der Waals surface area contributed by atoms with Gasteiger partial charge in [-0.3, -0.25) is 0 Å². The zero-order chi connectivity index (χ0) is 26.7. The number of fused-ring (bicyclic) bond motifs is 3. The van der Waals surface area contributed by atoms with Gasteiger partial charge in [0.25, 0.3) is 0 Å². The van der Waals surface area contributed by atoms with Crippen LogP contribution in [0.15, 0.2) is 72.4 Å². The van der Waals surface area contributed by atoms with Crippen molar-refractivity contribution >= 4 is 11.4 Å². The summed E-state index contributed by atoms with van der Waals surface area (Å²) in [5.41, 5.74) is 13.1. The van der Waals surface area contributed by atoms with Gasteiger partial charge in [0.15, 0.2) is 0 Å². The van der Waals surface area contributed by atoms with Crippen LogP contribution in [0.4, 0.5) is 5.69 Å². The minimum absolute atomic E-state index is 0.0565. The van der Waals surface area contributed by atoms with Gasteiger partial charge in [-0.25, -0.2) is 0 Å². The normalized spacial score (nSPS) is 25.5. The Bertz CT molecular complexity index is 1400. The van der Waals surface area contributed by atoms with E-state index in [1.165, 1.54) is 103 Å². The second-order valence-corrected chi connectivity index (χ2v) is 12.8. The molecule has 7 rings (SSSR count). The fourth-order valence-electron chi connectivity index (χ4n) is 9.30. The van der Waals surface area contributed by atoms with Gasteiger partial charge in [0.1, 0.15) is 6.17 Å². The van der Waals surface area contributed by atoms with Crippen molar-refractivity contribution in [2.45, 2.75) is 97.2 Å². The van der Waals surface area contributed by atoms with E-state index in [1.807, 2.05) is 0 Å². The molecular weight excluding hydrogens is 472 g/mol. The van der Waals surface area contributed by atoms with Crippen LogP contribution in [0.2, 0.25) is 0 Å². The van der Waals surface area contributed by atoms with E-state index in [9.17, 15) is 0 Å². The quantitative estimate of drug-likeness (QED) is 0.340. The molecule has 4 aliphatic rings. The van der Waals surface area contributed by atoms with E-state index in [-0.39, 0.29) is 11.7 Å². The van der Waals surface area contributed by atoms with Gasteiger partial charge in [-0.2, -0.15) is 0 Å². The molecule has 0 aromatic heterocycles. The summed E-state index contributed by atoms with van der Waals surface area (Å²) in [4.78, 5) is 5.75. The lowest BCUT2D eigenvalue weighted by Gasteiger charge is -2.54. The van der Waals surface area contributed by atoms with Gasteiger partial charge in [0, 0.05) is 22.5 Å². The van der Waals surface area contributed by atoms with Crippen LogP contribution < -0.4 is 4.90 Å². The number of hydrogen-bond acceptors (Lipinski definition) is 2. The molecule has 39 heavy (non-hydrogen) atoms. The third-order valence-electron chi connectivity index (χ3n) is 10.8. The molecule has 2 nitrogen and oxygen atoms in total. The predicted octanol–water partition coefficient (Wildman–Crippen LogP) is 9.80. The van der Waals surface area contributed by atoms with E-state index in [0.29, 0.717) is 11.8 Å². The first-order valence-corrected chi connectivity index (χ1v) is 15.6. The molecule has 2 unspecified atom stereocenters. The lowest BCUT2D eigenvalue weighted by atomic mass is 9.63. The Morgan fingerprint density at radius 3 is 1.85 bits per heavy atom. The lowest BCUT2D eigenvalue weighted by molar-refractivity contribution is -0.00810. The molecule has 0 saturated heterocycles. The van der Waals surface area contributed by atoms with Crippen molar-refractivity contribution in [3.05, 3.63) is 106 Å². The van der Waals surface area contributed by atoms with E-state index < -0.39 is 0 Å². The largest absolute Gasteiger partial charge is 0.335 e. The van der Waals surface area contributed by atoms with E-state index in [0.717, 1.165) is 0 Å². The van der Waals surface area contributed by atoms with E-state index in [2.05, 4.69) is 104 Å². The maximum Gasteiger partial charge on any atom is 0.134 e. The van der Waals surface area contributed by atoms with Gasteiger partial charge in [-0.1, -0.05) is 92.8 Å². The second-order valence-electron chi connectivity index (χ2n) is 12.8.